The van der Waals surface area contributed by atoms with Gasteiger partial charge in [-0.3, -0.25) is 0 Å². The van der Waals surface area contributed by atoms with Crippen LogP contribution in [0.1, 0.15) is 18.1 Å². The van der Waals surface area contributed by atoms with E-state index in [1.165, 1.54) is 5.56 Å². The van der Waals surface area contributed by atoms with E-state index < -0.39 is 0 Å². The van der Waals surface area contributed by atoms with Crippen molar-refractivity contribution in [2.75, 3.05) is 25.0 Å². The molecule has 0 bridgehead atoms. The minimum Gasteiger partial charge on any atom is -0.357 e. The molecule has 1 aromatic carbocycles. The minimum atomic E-state index is -0.228. The summed E-state index contributed by atoms with van der Waals surface area (Å²) in [6.07, 6.45) is 2.54. The van der Waals surface area contributed by atoms with Gasteiger partial charge in [-0.05, 0) is 24.6 Å². The Hall–Kier alpha value is -1.94. The Kier molecular flexibility index (Phi) is 5.69. The van der Waals surface area contributed by atoms with Crippen LogP contribution in [0.15, 0.2) is 42.6 Å². The summed E-state index contributed by atoms with van der Waals surface area (Å²) in [7, 11) is 1.88. The third-order valence-corrected chi connectivity index (χ3v) is 3.46. The lowest BCUT2D eigenvalue weighted by atomic mass is 10.1. The summed E-state index contributed by atoms with van der Waals surface area (Å²) in [5, 5.41) is 3.14. The van der Waals surface area contributed by atoms with Crippen LogP contribution < -0.4 is 10.2 Å². The summed E-state index contributed by atoms with van der Waals surface area (Å²) in [5.41, 5.74) is 1.90. The number of benzene rings is 1. The Bertz CT molecular complexity index is 557. The van der Waals surface area contributed by atoms with Gasteiger partial charge in [0.05, 0.1) is 0 Å². The SMILES string of the molecule is CCNCc1ccnc(N(C)CCc2ccccc2)c1F. The molecule has 0 unspecified atom stereocenters. The van der Waals surface area contributed by atoms with Crippen LogP contribution in [0.4, 0.5) is 10.2 Å². The van der Waals surface area contributed by atoms with E-state index in [2.05, 4.69) is 22.4 Å². The molecular weight excluding hydrogens is 265 g/mol. The van der Waals surface area contributed by atoms with Gasteiger partial charge in [0.25, 0.3) is 0 Å². The predicted octanol–water partition coefficient (Wildman–Crippen LogP) is 3.01. The van der Waals surface area contributed by atoms with E-state index in [4.69, 9.17) is 0 Å². The van der Waals surface area contributed by atoms with Gasteiger partial charge < -0.3 is 10.2 Å². The number of hydrogen-bond donors (Lipinski definition) is 1. The first kappa shape index (κ1) is 15.4. The largest absolute Gasteiger partial charge is 0.357 e. The Balaban J connectivity index is 2.03. The van der Waals surface area contributed by atoms with Crippen LogP contribution in [0.25, 0.3) is 0 Å². The second kappa shape index (κ2) is 7.74. The van der Waals surface area contributed by atoms with Crippen LogP contribution in [-0.4, -0.2) is 25.1 Å². The summed E-state index contributed by atoms with van der Waals surface area (Å²) in [6.45, 7) is 4.09. The van der Waals surface area contributed by atoms with Crippen LogP contribution >= 0.6 is 0 Å². The highest BCUT2D eigenvalue weighted by Gasteiger charge is 2.13. The van der Waals surface area contributed by atoms with E-state index in [1.54, 1.807) is 12.3 Å². The van der Waals surface area contributed by atoms with Gasteiger partial charge in [0, 0.05) is 31.9 Å². The maximum absolute atomic E-state index is 14.4. The molecule has 0 aliphatic rings. The van der Waals surface area contributed by atoms with E-state index >= 15 is 0 Å². The Labute approximate surface area is 125 Å². The van der Waals surface area contributed by atoms with E-state index in [0.29, 0.717) is 17.9 Å². The van der Waals surface area contributed by atoms with E-state index in [0.717, 1.165) is 19.5 Å². The van der Waals surface area contributed by atoms with E-state index in [1.807, 2.05) is 37.1 Å². The fourth-order valence-electron chi connectivity index (χ4n) is 2.18. The van der Waals surface area contributed by atoms with E-state index in [-0.39, 0.29) is 5.82 Å². The molecule has 0 amide bonds. The zero-order valence-electron chi connectivity index (χ0n) is 12.6. The summed E-state index contributed by atoms with van der Waals surface area (Å²) in [6, 6.07) is 11.9. The maximum Gasteiger partial charge on any atom is 0.170 e. The fraction of sp³-hybridized carbons (Fsp3) is 0.353. The molecule has 1 aromatic heterocycles. The van der Waals surface area contributed by atoms with Gasteiger partial charge in [-0.1, -0.05) is 37.3 Å². The van der Waals surface area contributed by atoms with Gasteiger partial charge in [0.1, 0.15) is 0 Å². The highest BCUT2D eigenvalue weighted by molar-refractivity contribution is 5.42. The lowest BCUT2D eigenvalue weighted by Crippen LogP contribution is -2.24. The molecule has 0 aliphatic carbocycles. The third kappa shape index (κ3) is 4.26. The van der Waals surface area contributed by atoms with Crippen molar-refractivity contribution >= 4 is 5.82 Å². The van der Waals surface area contributed by atoms with Gasteiger partial charge in [0.2, 0.25) is 0 Å². The van der Waals surface area contributed by atoms with Crippen molar-refractivity contribution in [2.24, 2.45) is 0 Å². The van der Waals surface area contributed by atoms with E-state index in [9.17, 15) is 4.39 Å². The maximum atomic E-state index is 14.4. The molecule has 0 aliphatic heterocycles. The number of halogens is 1. The quantitative estimate of drug-likeness (QED) is 0.848. The van der Waals surface area contributed by atoms with Gasteiger partial charge >= 0.3 is 0 Å². The molecule has 0 atom stereocenters. The molecule has 0 radical (unpaired) electrons. The normalized spacial score (nSPS) is 10.6. The first-order valence-electron chi connectivity index (χ1n) is 7.31. The lowest BCUT2D eigenvalue weighted by Gasteiger charge is -2.20. The number of anilines is 1. The minimum absolute atomic E-state index is 0.228. The summed E-state index contributed by atoms with van der Waals surface area (Å²) in [4.78, 5) is 6.06. The van der Waals surface area contributed by atoms with Crippen molar-refractivity contribution < 1.29 is 4.39 Å². The molecule has 2 aromatic rings. The second-order valence-corrected chi connectivity index (χ2v) is 5.05. The lowest BCUT2D eigenvalue weighted by molar-refractivity contribution is 0.583. The van der Waals surface area contributed by atoms with Gasteiger partial charge in [-0.15, -0.1) is 0 Å². The van der Waals surface area contributed by atoms with Crippen molar-refractivity contribution in [3.63, 3.8) is 0 Å². The van der Waals surface area contributed by atoms with Crippen LogP contribution in [0.5, 0.6) is 0 Å². The van der Waals surface area contributed by atoms with Crippen LogP contribution in [0.2, 0.25) is 0 Å². The number of nitrogens with zero attached hydrogens (tertiary/aromatic N) is 2. The van der Waals surface area contributed by atoms with Gasteiger partial charge in [-0.25, -0.2) is 9.37 Å². The molecule has 1 N–H and O–H groups in total. The zero-order chi connectivity index (χ0) is 15.1. The highest BCUT2D eigenvalue weighted by Crippen LogP contribution is 2.18. The first-order valence-corrected chi connectivity index (χ1v) is 7.31. The van der Waals surface area contributed by atoms with Crippen LogP contribution in [-0.2, 0) is 13.0 Å². The summed E-state index contributed by atoms with van der Waals surface area (Å²) in [5.74, 6) is 0.190. The van der Waals surface area contributed by atoms with Crippen molar-refractivity contribution in [3.05, 3.63) is 59.5 Å². The second-order valence-electron chi connectivity index (χ2n) is 5.05. The number of rotatable bonds is 7. The predicted molar refractivity (Wildman–Crippen MR) is 85.0 cm³/mol. The number of hydrogen-bond acceptors (Lipinski definition) is 3. The molecule has 112 valence electrons. The molecule has 3 nitrogen and oxygen atoms in total. The van der Waals surface area contributed by atoms with Gasteiger partial charge in [-0.2, -0.15) is 0 Å². The Morgan fingerprint density at radius 3 is 2.67 bits per heavy atom. The highest BCUT2D eigenvalue weighted by atomic mass is 19.1. The number of likely N-dealkylation sites (N-methyl/N-ethyl adjacent to an activating group) is 1. The molecule has 21 heavy (non-hydrogen) atoms. The van der Waals surface area contributed by atoms with Crippen molar-refractivity contribution in [2.45, 2.75) is 19.9 Å². The van der Waals surface area contributed by atoms with Crippen LogP contribution in [0.3, 0.4) is 0 Å². The molecule has 0 saturated carbocycles. The van der Waals surface area contributed by atoms with Crippen LogP contribution in [0, 0.1) is 5.82 Å². The average Bonchev–Trinajstić information content (AvgIpc) is 2.52. The topological polar surface area (TPSA) is 28.2 Å². The smallest absolute Gasteiger partial charge is 0.170 e. The molecule has 2 rings (SSSR count). The number of pyridine rings is 1. The molecule has 0 fully saturated rings. The zero-order valence-corrected chi connectivity index (χ0v) is 12.6. The molecule has 0 spiro atoms. The van der Waals surface area contributed by atoms with Crippen molar-refractivity contribution in [1.82, 2.24) is 10.3 Å². The van der Waals surface area contributed by atoms with Crippen molar-refractivity contribution in [1.29, 1.82) is 0 Å². The monoisotopic (exact) mass is 287 g/mol. The standard InChI is InChI=1S/C17H22FN3/c1-3-19-13-15-9-11-20-17(16(15)18)21(2)12-10-14-7-5-4-6-8-14/h4-9,11,19H,3,10,12-13H2,1-2H3. The third-order valence-electron chi connectivity index (χ3n) is 3.46. The molecular formula is C17H22FN3. The fourth-order valence-corrected chi connectivity index (χ4v) is 2.18. The summed E-state index contributed by atoms with van der Waals surface area (Å²) >= 11 is 0. The first-order chi connectivity index (χ1) is 10.2. The van der Waals surface area contributed by atoms with Crippen molar-refractivity contribution in [3.8, 4) is 0 Å². The molecule has 1 heterocycles. The average molecular weight is 287 g/mol. The number of aromatic nitrogens is 1. The molecule has 0 saturated heterocycles. The van der Waals surface area contributed by atoms with Gasteiger partial charge in [0.15, 0.2) is 11.6 Å². The molecule has 4 heteroatoms. The number of nitrogens with one attached hydrogen (secondary N) is 1. The Morgan fingerprint density at radius 2 is 1.95 bits per heavy atom. The summed E-state index contributed by atoms with van der Waals surface area (Å²) < 4.78 is 14.4. The Morgan fingerprint density at radius 1 is 1.19 bits per heavy atom.